The Kier molecular flexibility index (Phi) is 3.17. The summed E-state index contributed by atoms with van der Waals surface area (Å²) in [6.45, 7) is 0.208. The van der Waals surface area contributed by atoms with Gasteiger partial charge in [-0.1, -0.05) is 0 Å². The van der Waals surface area contributed by atoms with Crippen LogP contribution in [0, 0.1) is 5.92 Å². The van der Waals surface area contributed by atoms with Gasteiger partial charge in [0.25, 0.3) is 0 Å². The second-order valence-corrected chi connectivity index (χ2v) is 5.56. The van der Waals surface area contributed by atoms with Crippen LogP contribution in [0.1, 0.15) is 6.42 Å². The first-order valence-corrected chi connectivity index (χ1v) is 6.93. The summed E-state index contributed by atoms with van der Waals surface area (Å²) in [4.78, 5) is 28.9. The number of fused-ring (bicyclic) bond motifs is 1. The molecule has 0 bridgehead atoms. The predicted octanol–water partition coefficient (Wildman–Crippen LogP) is 2.43. The van der Waals surface area contributed by atoms with E-state index in [1.807, 2.05) is 18.2 Å². The number of carbonyl (C=O) groups excluding carboxylic acids is 1. The molecule has 5 nitrogen and oxygen atoms in total. The Hall–Kier alpha value is -1.95. The molecule has 1 aromatic carbocycles. The molecule has 20 heavy (non-hydrogen) atoms. The summed E-state index contributed by atoms with van der Waals surface area (Å²) in [5.74, 6) is -1.73. The van der Waals surface area contributed by atoms with Crippen LogP contribution in [0.25, 0.3) is 10.9 Å². The normalized spacial score (nSPS) is 18.8. The van der Waals surface area contributed by atoms with Gasteiger partial charge in [-0.05, 0) is 40.2 Å². The van der Waals surface area contributed by atoms with Crippen molar-refractivity contribution in [1.82, 2.24) is 4.98 Å². The van der Waals surface area contributed by atoms with Gasteiger partial charge >= 0.3 is 5.97 Å². The topological polar surface area (TPSA) is 70.5 Å². The maximum atomic E-state index is 12.0. The summed E-state index contributed by atoms with van der Waals surface area (Å²) < 4.78 is 0.846. The summed E-state index contributed by atoms with van der Waals surface area (Å²) in [6.07, 6.45) is 1.73. The lowest BCUT2D eigenvalue weighted by Gasteiger charge is -2.18. The largest absolute Gasteiger partial charge is 0.481 e. The van der Waals surface area contributed by atoms with E-state index in [2.05, 4.69) is 20.9 Å². The zero-order valence-corrected chi connectivity index (χ0v) is 12.0. The number of halogens is 1. The molecule has 1 saturated heterocycles. The Morgan fingerprint density at radius 3 is 2.90 bits per heavy atom. The lowest BCUT2D eigenvalue weighted by molar-refractivity contribution is -0.141. The summed E-state index contributed by atoms with van der Waals surface area (Å²) in [6, 6.07) is 7.32. The summed E-state index contributed by atoms with van der Waals surface area (Å²) in [5.41, 5.74) is 1.47. The van der Waals surface area contributed by atoms with Crippen molar-refractivity contribution in [3.05, 3.63) is 34.9 Å². The molecule has 1 aliphatic heterocycles. The van der Waals surface area contributed by atoms with Gasteiger partial charge in [-0.25, -0.2) is 0 Å². The van der Waals surface area contributed by atoms with Crippen LogP contribution in [-0.2, 0) is 9.59 Å². The van der Waals surface area contributed by atoms with Gasteiger partial charge in [0.05, 0.1) is 17.1 Å². The number of amides is 1. The number of hydrogen-bond acceptors (Lipinski definition) is 3. The second-order valence-electron chi connectivity index (χ2n) is 4.71. The number of anilines is 1. The van der Waals surface area contributed by atoms with Gasteiger partial charge < -0.3 is 10.0 Å². The number of nitrogens with zero attached hydrogens (tertiary/aromatic N) is 2. The predicted molar refractivity (Wildman–Crippen MR) is 77.5 cm³/mol. The van der Waals surface area contributed by atoms with Gasteiger partial charge in [0.1, 0.15) is 0 Å². The van der Waals surface area contributed by atoms with Crippen molar-refractivity contribution in [3.63, 3.8) is 0 Å². The van der Waals surface area contributed by atoms with Crippen LogP contribution < -0.4 is 4.90 Å². The van der Waals surface area contributed by atoms with Crippen molar-refractivity contribution in [2.45, 2.75) is 6.42 Å². The fourth-order valence-electron chi connectivity index (χ4n) is 2.46. The highest BCUT2D eigenvalue weighted by atomic mass is 79.9. The molecule has 0 radical (unpaired) electrons. The van der Waals surface area contributed by atoms with Crippen LogP contribution in [0.3, 0.4) is 0 Å². The van der Waals surface area contributed by atoms with E-state index in [1.54, 1.807) is 12.3 Å². The lowest BCUT2D eigenvalue weighted by Crippen LogP contribution is -2.26. The van der Waals surface area contributed by atoms with E-state index in [0.717, 1.165) is 15.4 Å². The Bertz CT molecular complexity index is 717. The minimum atomic E-state index is -0.930. The third kappa shape index (κ3) is 2.06. The average Bonchev–Trinajstić information content (AvgIpc) is 2.82. The summed E-state index contributed by atoms with van der Waals surface area (Å²) in [5, 5.41) is 9.89. The summed E-state index contributed by atoms with van der Waals surface area (Å²) in [7, 11) is 0. The van der Waals surface area contributed by atoms with Crippen LogP contribution in [-0.4, -0.2) is 28.5 Å². The molecule has 2 heterocycles. The van der Waals surface area contributed by atoms with Gasteiger partial charge in [-0.3, -0.25) is 14.6 Å². The van der Waals surface area contributed by atoms with E-state index in [1.165, 1.54) is 4.90 Å². The van der Waals surface area contributed by atoms with Crippen molar-refractivity contribution < 1.29 is 14.7 Å². The zero-order chi connectivity index (χ0) is 14.3. The van der Waals surface area contributed by atoms with Gasteiger partial charge in [0.2, 0.25) is 5.91 Å². The monoisotopic (exact) mass is 334 g/mol. The molecule has 1 unspecified atom stereocenters. The van der Waals surface area contributed by atoms with E-state index >= 15 is 0 Å². The second kappa shape index (κ2) is 4.86. The number of hydrogen-bond donors (Lipinski definition) is 1. The van der Waals surface area contributed by atoms with E-state index in [0.29, 0.717) is 5.69 Å². The maximum absolute atomic E-state index is 12.0. The van der Waals surface area contributed by atoms with Crippen LogP contribution in [0.5, 0.6) is 0 Å². The average molecular weight is 335 g/mol. The van der Waals surface area contributed by atoms with E-state index in [4.69, 9.17) is 5.11 Å². The van der Waals surface area contributed by atoms with Crippen molar-refractivity contribution in [3.8, 4) is 0 Å². The molecule has 0 aliphatic carbocycles. The van der Waals surface area contributed by atoms with E-state index in [9.17, 15) is 9.59 Å². The van der Waals surface area contributed by atoms with Gasteiger partial charge in [-0.15, -0.1) is 0 Å². The number of aromatic nitrogens is 1. The number of carboxylic acid groups (broad SMARTS) is 1. The van der Waals surface area contributed by atoms with Gasteiger partial charge in [0, 0.05) is 29.0 Å². The number of pyridine rings is 1. The highest BCUT2D eigenvalue weighted by Gasteiger charge is 2.35. The number of rotatable bonds is 2. The first-order valence-electron chi connectivity index (χ1n) is 6.14. The summed E-state index contributed by atoms with van der Waals surface area (Å²) >= 11 is 3.43. The van der Waals surface area contributed by atoms with Crippen molar-refractivity contribution in [2.75, 3.05) is 11.4 Å². The molecule has 1 aromatic heterocycles. The van der Waals surface area contributed by atoms with Crippen molar-refractivity contribution in [1.29, 1.82) is 0 Å². The van der Waals surface area contributed by atoms with Crippen LogP contribution in [0.15, 0.2) is 34.9 Å². The Morgan fingerprint density at radius 1 is 1.40 bits per heavy atom. The fraction of sp³-hybridized carbons (Fsp3) is 0.214. The molecule has 1 fully saturated rings. The number of aliphatic carboxylic acids is 1. The number of benzene rings is 1. The highest BCUT2D eigenvalue weighted by molar-refractivity contribution is 9.10. The standard InChI is InChI=1S/C14H11BrN2O3/c15-10-3-4-11(9-2-1-5-16-13(9)10)17-7-8(14(19)20)6-12(17)18/h1-5,8H,6-7H2,(H,19,20). The van der Waals surface area contributed by atoms with Crippen LogP contribution >= 0.6 is 15.9 Å². The molecule has 0 saturated carbocycles. The van der Waals surface area contributed by atoms with E-state index < -0.39 is 11.9 Å². The fourth-order valence-corrected chi connectivity index (χ4v) is 2.91. The first kappa shape index (κ1) is 13.1. The molecule has 102 valence electrons. The Morgan fingerprint density at radius 2 is 2.20 bits per heavy atom. The SMILES string of the molecule is O=C(O)C1CC(=O)N(c2ccc(Br)c3ncccc23)C1. The minimum Gasteiger partial charge on any atom is -0.481 e. The molecule has 1 aliphatic rings. The van der Waals surface area contributed by atoms with Gasteiger partial charge in [-0.2, -0.15) is 0 Å². The smallest absolute Gasteiger partial charge is 0.308 e. The molecule has 3 rings (SSSR count). The molecular weight excluding hydrogens is 324 g/mol. The Labute approximate surface area is 123 Å². The minimum absolute atomic E-state index is 0.0488. The molecule has 2 aromatic rings. The van der Waals surface area contributed by atoms with Gasteiger partial charge in [0.15, 0.2) is 0 Å². The highest BCUT2D eigenvalue weighted by Crippen LogP contribution is 2.34. The van der Waals surface area contributed by atoms with Crippen LogP contribution in [0.4, 0.5) is 5.69 Å². The van der Waals surface area contributed by atoms with E-state index in [-0.39, 0.29) is 18.9 Å². The lowest BCUT2D eigenvalue weighted by atomic mass is 10.1. The maximum Gasteiger partial charge on any atom is 0.308 e. The molecule has 1 N–H and O–H groups in total. The van der Waals surface area contributed by atoms with Crippen LogP contribution in [0.2, 0.25) is 0 Å². The number of carbonyl (C=O) groups is 2. The third-order valence-corrected chi connectivity index (χ3v) is 4.10. The molecular formula is C14H11BrN2O3. The molecule has 0 spiro atoms. The zero-order valence-electron chi connectivity index (χ0n) is 10.4. The quantitative estimate of drug-likeness (QED) is 0.915. The third-order valence-electron chi connectivity index (χ3n) is 3.46. The van der Waals surface area contributed by atoms with Crippen molar-refractivity contribution >= 4 is 44.4 Å². The first-order chi connectivity index (χ1) is 9.58. The molecule has 1 atom stereocenters. The van der Waals surface area contributed by atoms with Crippen molar-refractivity contribution in [2.24, 2.45) is 5.92 Å². The molecule has 1 amide bonds. The Balaban J connectivity index is 2.09. The molecule has 6 heteroatoms. The number of carboxylic acids is 1.